The van der Waals surface area contributed by atoms with Crippen molar-refractivity contribution in [2.45, 2.75) is 13.5 Å². The zero-order chi connectivity index (χ0) is 18.6. The van der Waals surface area contributed by atoms with Gasteiger partial charge in [0.2, 0.25) is 0 Å². The van der Waals surface area contributed by atoms with Crippen molar-refractivity contribution in [3.05, 3.63) is 90.0 Å². The highest BCUT2D eigenvalue weighted by atomic mass is 16.5. The lowest BCUT2D eigenvalue weighted by molar-refractivity contribution is 0.0993. The lowest BCUT2D eigenvalue weighted by atomic mass is 10.1. The predicted molar refractivity (Wildman–Crippen MR) is 104 cm³/mol. The van der Waals surface area contributed by atoms with Crippen molar-refractivity contribution in [2.24, 2.45) is 0 Å². The van der Waals surface area contributed by atoms with Gasteiger partial charge in [-0.1, -0.05) is 24.3 Å². The average Bonchev–Trinajstić information content (AvgIpc) is 3.18. The topological polar surface area (TPSA) is 64.4 Å². The molecule has 0 atom stereocenters. The maximum absolute atomic E-state index is 12.8. The SMILES string of the molecule is Cc1ccc(NC(=O)c2occc2COc2ccccc2)c2cccnc12. The van der Waals surface area contributed by atoms with Crippen LogP contribution < -0.4 is 10.1 Å². The molecule has 0 fully saturated rings. The largest absolute Gasteiger partial charge is 0.489 e. The molecular formula is C22H18N2O3. The Balaban J connectivity index is 1.55. The highest BCUT2D eigenvalue weighted by Crippen LogP contribution is 2.25. The van der Waals surface area contributed by atoms with E-state index in [1.807, 2.05) is 61.5 Å². The Kier molecular flexibility index (Phi) is 4.58. The molecule has 0 unspecified atom stereocenters. The van der Waals surface area contributed by atoms with E-state index < -0.39 is 0 Å². The molecule has 1 N–H and O–H groups in total. The van der Waals surface area contributed by atoms with E-state index in [1.165, 1.54) is 6.26 Å². The molecule has 2 aromatic heterocycles. The molecule has 0 radical (unpaired) electrons. The van der Waals surface area contributed by atoms with Gasteiger partial charge in [0.05, 0.1) is 17.5 Å². The predicted octanol–water partition coefficient (Wildman–Crippen LogP) is 4.97. The number of nitrogens with zero attached hydrogens (tertiary/aromatic N) is 1. The third-order valence-corrected chi connectivity index (χ3v) is 4.31. The molecule has 2 aromatic carbocycles. The Morgan fingerprint density at radius 3 is 2.78 bits per heavy atom. The van der Waals surface area contributed by atoms with E-state index in [9.17, 15) is 4.79 Å². The number of hydrogen-bond donors (Lipinski definition) is 1. The molecule has 4 aromatic rings. The first-order valence-electron chi connectivity index (χ1n) is 8.62. The van der Waals surface area contributed by atoms with Crippen molar-refractivity contribution in [1.82, 2.24) is 4.98 Å². The van der Waals surface area contributed by atoms with E-state index in [0.29, 0.717) is 11.3 Å². The van der Waals surface area contributed by atoms with Crippen LogP contribution >= 0.6 is 0 Å². The number of furan rings is 1. The number of carbonyl (C=O) groups excluding carboxylic acids is 1. The van der Waals surface area contributed by atoms with Crippen molar-refractivity contribution in [3.8, 4) is 5.75 Å². The van der Waals surface area contributed by atoms with E-state index in [4.69, 9.17) is 9.15 Å². The number of para-hydroxylation sites is 1. The number of ether oxygens (including phenoxy) is 1. The van der Waals surface area contributed by atoms with Crippen LogP contribution in [0.4, 0.5) is 5.69 Å². The van der Waals surface area contributed by atoms with E-state index >= 15 is 0 Å². The van der Waals surface area contributed by atoms with Gasteiger partial charge in [0.1, 0.15) is 12.4 Å². The van der Waals surface area contributed by atoms with Crippen molar-refractivity contribution in [2.75, 3.05) is 5.32 Å². The molecule has 0 bridgehead atoms. The zero-order valence-corrected chi connectivity index (χ0v) is 14.8. The number of hydrogen-bond acceptors (Lipinski definition) is 4. The highest BCUT2D eigenvalue weighted by Gasteiger charge is 2.17. The first kappa shape index (κ1) is 16.8. The Bertz CT molecular complexity index is 1090. The smallest absolute Gasteiger partial charge is 0.291 e. The van der Waals surface area contributed by atoms with E-state index in [0.717, 1.165) is 22.2 Å². The first-order chi connectivity index (χ1) is 13.2. The number of aromatic nitrogens is 1. The number of benzene rings is 2. The summed E-state index contributed by atoms with van der Waals surface area (Å²) >= 11 is 0. The summed E-state index contributed by atoms with van der Waals surface area (Å²) in [6.45, 7) is 2.24. The van der Waals surface area contributed by atoms with Gasteiger partial charge in [0.25, 0.3) is 5.91 Å². The van der Waals surface area contributed by atoms with Gasteiger partial charge < -0.3 is 14.5 Å². The van der Waals surface area contributed by atoms with Gasteiger partial charge in [0.15, 0.2) is 5.76 Å². The van der Waals surface area contributed by atoms with Gasteiger partial charge in [-0.3, -0.25) is 9.78 Å². The molecule has 1 amide bonds. The Labute approximate surface area is 156 Å². The van der Waals surface area contributed by atoms with Crippen LogP contribution in [0.3, 0.4) is 0 Å². The minimum atomic E-state index is -0.319. The first-order valence-corrected chi connectivity index (χ1v) is 8.62. The molecule has 2 heterocycles. The van der Waals surface area contributed by atoms with Gasteiger partial charge in [-0.15, -0.1) is 0 Å². The monoisotopic (exact) mass is 358 g/mol. The van der Waals surface area contributed by atoms with E-state index in [2.05, 4.69) is 10.3 Å². The van der Waals surface area contributed by atoms with Crippen molar-refractivity contribution < 1.29 is 13.9 Å². The molecule has 27 heavy (non-hydrogen) atoms. The fourth-order valence-electron chi connectivity index (χ4n) is 2.93. The normalized spacial score (nSPS) is 10.7. The van der Waals surface area contributed by atoms with Crippen LogP contribution in [0.25, 0.3) is 10.9 Å². The summed E-state index contributed by atoms with van der Waals surface area (Å²) in [4.78, 5) is 17.2. The second-order valence-corrected chi connectivity index (χ2v) is 6.16. The van der Waals surface area contributed by atoms with Crippen molar-refractivity contribution in [3.63, 3.8) is 0 Å². The number of amides is 1. The molecule has 4 rings (SSSR count). The minimum Gasteiger partial charge on any atom is -0.489 e. The summed E-state index contributed by atoms with van der Waals surface area (Å²) in [5.74, 6) is 0.657. The molecule has 0 saturated heterocycles. The molecule has 0 aliphatic carbocycles. The quantitative estimate of drug-likeness (QED) is 0.547. The van der Waals surface area contributed by atoms with Gasteiger partial charge in [0, 0.05) is 17.1 Å². The summed E-state index contributed by atoms with van der Waals surface area (Å²) < 4.78 is 11.1. The van der Waals surface area contributed by atoms with Crippen molar-refractivity contribution >= 4 is 22.5 Å². The molecule has 5 heteroatoms. The van der Waals surface area contributed by atoms with Crippen LogP contribution in [0, 0.1) is 6.92 Å². The van der Waals surface area contributed by atoms with Gasteiger partial charge in [-0.2, -0.15) is 0 Å². The van der Waals surface area contributed by atoms with Crippen LogP contribution in [-0.2, 0) is 6.61 Å². The summed E-state index contributed by atoms with van der Waals surface area (Å²) in [6.07, 6.45) is 3.24. The third kappa shape index (κ3) is 3.53. The van der Waals surface area contributed by atoms with Crippen LogP contribution in [-0.4, -0.2) is 10.9 Å². The molecule has 0 aliphatic rings. The maximum Gasteiger partial charge on any atom is 0.291 e. The fourth-order valence-corrected chi connectivity index (χ4v) is 2.93. The Hall–Kier alpha value is -3.60. The third-order valence-electron chi connectivity index (χ3n) is 4.31. The average molecular weight is 358 g/mol. The summed E-state index contributed by atoms with van der Waals surface area (Å²) in [5.41, 5.74) is 3.30. The van der Waals surface area contributed by atoms with Crippen LogP contribution in [0.5, 0.6) is 5.75 Å². The van der Waals surface area contributed by atoms with Crippen LogP contribution in [0.1, 0.15) is 21.7 Å². The van der Waals surface area contributed by atoms with Crippen LogP contribution in [0.15, 0.2) is 77.5 Å². The molecule has 134 valence electrons. The van der Waals surface area contributed by atoms with E-state index in [-0.39, 0.29) is 18.3 Å². The minimum absolute atomic E-state index is 0.239. The second kappa shape index (κ2) is 7.33. The second-order valence-electron chi connectivity index (χ2n) is 6.16. The molecule has 0 aliphatic heterocycles. The highest BCUT2D eigenvalue weighted by molar-refractivity contribution is 6.08. The Morgan fingerprint density at radius 2 is 1.93 bits per heavy atom. The standard InChI is InChI=1S/C22H18N2O3/c1-15-9-10-19(18-8-5-12-23-20(15)18)24-22(25)21-16(11-13-26-21)14-27-17-6-3-2-4-7-17/h2-13H,14H2,1H3,(H,24,25). The van der Waals surface area contributed by atoms with Gasteiger partial charge >= 0.3 is 0 Å². The number of fused-ring (bicyclic) bond motifs is 1. The number of carbonyl (C=O) groups is 1. The number of rotatable bonds is 5. The number of pyridine rings is 1. The molecule has 0 spiro atoms. The maximum atomic E-state index is 12.8. The molecule has 0 saturated carbocycles. The van der Waals surface area contributed by atoms with Gasteiger partial charge in [-0.25, -0.2) is 0 Å². The van der Waals surface area contributed by atoms with Crippen molar-refractivity contribution in [1.29, 1.82) is 0 Å². The number of aryl methyl sites for hydroxylation is 1. The number of anilines is 1. The lowest BCUT2D eigenvalue weighted by Gasteiger charge is -2.10. The summed E-state index contributed by atoms with van der Waals surface area (Å²) in [5, 5.41) is 3.81. The summed E-state index contributed by atoms with van der Waals surface area (Å²) in [6, 6.07) is 18.8. The summed E-state index contributed by atoms with van der Waals surface area (Å²) in [7, 11) is 0. The fraction of sp³-hybridized carbons (Fsp3) is 0.0909. The van der Waals surface area contributed by atoms with Gasteiger partial charge in [-0.05, 0) is 48.9 Å². The molecular weight excluding hydrogens is 340 g/mol. The van der Waals surface area contributed by atoms with Crippen LogP contribution in [0.2, 0.25) is 0 Å². The lowest BCUT2D eigenvalue weighted by Crippen LogP contribution is -2.14. The van der Waals surface area contributed by atoms with E-state index in [1.54, 1.807) is 12.3 Å². The molecule has 5 nitrogen and oxygen atoms in total. The zero-order valence-electron chi connectivity index (χ0n) is 14.8. The Morgan fingerprint density at radius 1 is 1.07 bits per heavy atom. The number of nitrogens with one attached hydrogen (secondary N) is 1.